The van der Waals surface area contributed by atoms with Gasteiger partial charge in [0, 0.05) is 43.6 Å². The number of anilines is 1. The highest BCUT2D eigenvalue weighted by atomic mass is 16.5. The summed E-state index contributed by atoms with van der Waals surface area (Å²) in [5, 5.41) is 1.27. The van der Waals surface area contributed by atoms with Gasteiger partial charge in [-0.15, -0.1) is 0 Å². The van der Waals surface area contributed by atoms with E-state index in [1.807, 2.05) is 6.20 Å². The number of rotatable bonds is 3. The monoisotopic (exact) mass is 326 g/mol. The van der Waals surface area contributed by atoms with Gasteiger partial charge in [-0.1, -0.05) is 18.2 Å². The molecule has 0 N–H and O–H groups in total. The summed E-state index contributed by atoms with van der Waals surface area (Å²) in [6.07, 6.45) is 7.05. The first kappa shape index (κ1) is 15.9. The highest BCUT2D eigenvalue weighted by Gasteiger charge is 2.25. The van der Waals surface area contributed by atoms with Crippen LogP contribution in [0.3, 0.4) is 0 Å². The van der Waals surface area contributed by atoms with E-state index in [0.29, 0.717) is 12.2 Å². The van der Waals surface area contributed by atoms with Gasteiger partial charge < -0.3 is 14.4 Å². The second-order valence-electron chi connectivity index (χ2n) is 6.94. The minimum Gasteiger partial charge on any atom is -0.381 e. The second-order valence-corrected chi connectivity index (χ2v) is 6.94. The Balaban J connectivity index is 1.43. The minimum absolute atomic E-state index is 0.402. The molecule has 1 aromatic heterocycles. The maximum Gasteiger partial charge on any atom is 0.0751 e. The standard InChI is InChI=1S/C20H26N2O2/c1-15-3-2-4-18-19(5-10-21-20(15)18)22-11-6-16(7-12-22)24-17-8-13-23-14-9-17/h2-5,10,16-17H,6-9,11-14H2,1H3. The molecule has 3 heterocycles. The van der Waals surface area contributed by atoms with Crippen LogP contribution in [0.15, 0.2) is 30.5 Å². The Morgan fingerprint density at radius 2 is 1.79 bits per heavy atom. The lowest BCUT2D eigenvalue weighted by Crippen LogP contribution is -2.39. The van der Waals surface area contributed by atoms with E-state index < -0.39 is 0 Å². The van der Waals surface area contributed by atoms with Gasteiger partial charge in [-0.25, -0.2) is 0 Å². The van der Waals surface area contributed by atoms with E-state index in [-0.39, 0.29) is 0 Å². The van der Waals surface area contributed by atoms with Crippen LogP contribution in [0.2, 0.25) is 0 Å². The van der Waals surface area contributed by atoms with Crippen molar-refractivity contribution in [2.75, 3.05) is 31.2 Å². The van der Waals surface area contributed by atoms with Crippen molar-refractivity contribution in [2.45, 2.75) is 44.8 Å². The van der Waals surface area contributed by atoms with Crippen LogP contribution in [0.1, 0.15) is 31.2 Å². The van der Waals surface area contributed by atoms with Crippen LogP contribution in [0, 0.1) is 6.92 Å². The number of para-hydroxylation sites is 1. The summed E-state index contributed by atoms with van der Waals surface area (Å²) in [6, 6.07) is 8.60. The first-order valence-corrected chi connectivity index (χ1v) is 9.14. The van der Waals surface area contributed by atoms with Crippen molar-refractivity contribution in [2.24, 2.45) is 0 Å². The minimum atomic E-state index is 0.402. The van der Waals surface area contributed by atoms with Crippen molar-refractivity contribution in [1.82, 2.24) is 4.98 Å². The van der Waals surface area contributed by atoms with E-state index in [9.17, 15) is 0 Å². The van der Waals surface area contributed by atoms with Crippen molar-refractivity contribution in [3.8, 4) is 0 Å². The normalized spacial score (nSPS) is 20.6. The fourth-order valence-electron chi connectivity index (χ4n) is 3.90. The van der Waals surface area contributed by atoms with Gasteiger partial charge in [-0.3, -0.25) is 4.98 Å². The number of aromatic nitrogens is 1. The number of fused-ring (bicyclic) bond motifs is 1. The Bertz CT molecular complexity index is 689. The Morgan fingerprint density at radius 1 is 1.04 bits per heavy atom. The van der Waals surface area contributed by atoms with E-state index in [1.165, 1.54) is 16.6 Å². The third-order valence-electron chi connectivity index (χ3n) is 5.29. The number of hydrogen-bond donors (Lipinski definition) is 0. The zero-order chi connectivity index (χ0) is 16.4. The van der Waals surface area contributed by atoms with Crippen LogP contribution in [0.5, 0.6) is 0 Å². The molecule has 2 fully saturated rings. The predicted octanol–water partition coefficient (Wildman–Crippen LogP) is 3.71. The van der Waals surface area contributed by atoms with Crippen LogP contribution in [-0.4, -0.2) is 43.5 Å². The molecule has 2 aliphatic heterocycles. The molecule has 2 saturated heterocycles. The molecular weight excluding hydrogens is 300 g/mol. The third-order valence-corrected chi connectivity index (χ3v) is 5.29. The molecular formula is C20H26N2O2. The predicted molar refractivity (Wildman–Crippen MR) is 96.6 cm³/mol. The Hall–Kier alpha value is -1.65. The van der Waals surface area contributed by atoms with Crippen LogP contribution in [0.4, 0.5) is 5.69 Å². The lowest BCUT2D eigenvalue weighted by atomic mass is 10.0. The molecule has 4 rings (SSSR count). The maximum atomic E-state index is 6.30. The number of ether oxygens (including phenoxy) is 2. The van der Waals surface area contributed by atoms with Crippen molar-refractivity contribution in [3.63, 3.8) is 0 Å². The number of pyridine rings is 1. The van der Waals surface area contributed by atoms with Crippen molar-refractivity contribution in [1.29, 1.82) is 0 Å². The van der Waals surface area contributed by atoms with E-state index in [0.717, 1.165) is 57.5 Å². The quantitative estimate of drug-likeness (QED) is 0.861. The van der Waals surface area contributed by atoms with E-state index in [1.54, 1.807) is 0 Å². The zero-order valence-electron chi connectivity index (χ0n) is 14.4. The summed E-state index contributed by atoms with van der Waals surface area (Å²) in [6.45, 7) is 5.95. The molecule has 0 spiro atoms. The average Bonchev–Trinajstić information content (AvgIpc) is 2.63. The smallest absolute Gasteiger partial charge is 0.0751 e. The molecule has 0 radical (unpaired) electrons. The molecule has 4 nitrogen and oxygen atoms in total. The van der Waals surface area contributed by atoms with Crippen molar-refractivity contribution < 1.29 is 9.47 Å². The lowest BCUT2D eigenvalue weighted by Gasteiger charge is -2.36. The highest BCUT2D eigenvalue weighted by molar-refractivity contribution is 5.93. The first-order chi connectivity index (χ1) is 11.8. The van der Waals surface area contributed by atoms with Gasteiger partial charge in [0.1, 0.15) is 0 Å². The Kier molecular flexibility index (Phi) is 4.67. The third kappa shape index (κ3) is 3.26. The fourth-order valence-corrected chi connectivity index (χ4v) is 3.90. The number of benzene rings is 1. The molecule has 0 amide bonds. The molecule has 0 saturated carbocycles. The summed E-state index contributed by atoms with van der Waals surface area (Å²) < 4.78 is 11.7. The zero-order valence-corrected chi connectivity index (χ0v) is 14.4. The Labute approximate surface area is 143 Å². The molecule has 2 aromatic rings. The maximum absolute atomic E-state index is 6.30. The molecule has 128 valence electrons. The molecule has 0 atom stereocenters. The van der Waals surface area contributed by atoms with Gasteiger partial charge in [-0.05, 0) is 44.2 Å². The molecule has 4 heteroatoms. The topological polar surface area (TPSA) is 34.6 Å². The van der Waals surface area contributed by atoms with Gasteiger partial charge in [-0.2, -0.15) is 0 Å². The van der Waals surface area contributed by atoms with Gasteiger partial charge in [0.15, 0.2) is 0 Å². The van der Waals surface area contributed by atoms with Crippen molar-refractivity contribution in [3.05, 3.63) is 36.0 Å². The van der Waals surface area contributed by atoms with Crippen LogP contribution < -0.4 is 4.90 Å². The molecule has 0 unspecified atom stereocenters. The fraction of sp³-hybridized carbons (Fsp3) is 0.550. The van der Waals surface area contributed by atoms with E-state index in [4.69, 9.17) is 9.47 Å². The van der Waals surface area contributed by atoms with Gasteiger partial charge in [0.2, 0.25) is 0 Å². The van der Waals surface area contributed by atoms with Gasteiger partial charge in [0.05, 0.1) is 17.7 Å². The largest absolute Gasteiger partial charge is 0.381 e. The van der Waals surface area contributed by atoms with Crippen LogP contribution in [-0.2, 0) is 9.47 Å². The molecule has 24 heavy (non-hydrogen) atoms. The Morgan fingerprint density at radius 3 is 2.58 bits per heavy atom. The van der Waals surface area contributed by atoms with Crippen LogP contribution >= 0.6 is 0 Å². The number of hydrogen-bond acceptors (Lipinski definition) is 4. The number of nitrogens with zero attached hydrogens (tertiary/aromatic N) is 2. The van der Waals surface area contributed by atoms with Crippen LogP contribution in [0.25, 0.3) is 10.9 Å². The molecule has 0 bridgehead atoms. The summed E-state index contributed by atoms with van der Waals surface area (Å²) in [7, 11) is 0. The van der Waals surface area contributed by atoms with E-state index in [2.05, 4.69) is 41.1 Å². The van der Waals surface area contributed by atoms with Crippen molar-refractivity contribution >= 4 is 16.6 Å². The first-order valence-electron chi connectivity index (χ1n) is 9.14. The average molecular weight is 326 g/mol. The highest BCUT2D eigenvalue weighted by Crippen LogP contribution is 2.30. The summed E-state index contributed by atoms with van der Waals surface area (Å²) in [5.74, 6) is 0. The summed E-state index contributed by atoms with van der Waals surface area (Å²) in [4.78, 5) is 7.06. The van der Waals surface area contributed by atoms with Gasteiger partial charge in [0.25, 0.3) is 0 Å². The SMILES string of the molecule is Cc1cccc2c(N3CCC(OC4CCOCC4)CC3)ccnc12. The molecule has 1 aromatic carbocycles. The number of aryl methyl sites for hydroxylation is 1. The van der Waals surface area contributed by atoms with Gasteiger partial charge >= 0.3 is 0 Å². The number of piperidine rings is 1. The molecule has 2 aliphatic rings. The lowest BCUT2D eigenvalue weighted by molar-refractivity contribution is -0.0743. The van der Waals surface area contributed by atoms with E-state index >= 15 is 0 Å². The summed E-state index contributed by atoms with van der Waals surface area (Å²) >= 11 is 0. The summed E-state index contributed by atoms with van der Waals surface area (Å²) in [5.41, 5.74) is 3.68. The molecule has 0 aliphatic carbocycles. The second kappa shape index (κ2) is 7.08.